The molecule has 4 atom stereocenters. The van der Waals surface area contributed by atoms with Crippen molar-refractivity contribution in [2.45, 2.75) is 102 Å². The van der Waals surface area contributed by atoms with Crippen LogP contribution in [0.2, 0.25) is 0 Å². The Morgan fingerprint density at radius 2 is 1.80 bits per heavy atom. The number of nitrogens with zero attached hydrogens (tertiary/aromatic N) is 4. The highest BCUT2D eigenvalue weighted by atomic mass is 19.1. The maximum atomic E-state index is 14.5. The van der Waals surface area contributed by atoms with Crippen LogP contribution in [-0.2, 0) is 25.5 Å². The van der Waals surface area contributed by atoms with E-state index in [-0.39, 0.29) is 60.0 Å². The molecule has 2 aromatic carbocycles. The SMILES string of the molecule is CC[C@H]1C(COc2ncc(C#CC3CCC(CN4CCC(OCCCc5cccc6c5c5cccnc5n6C5CCC(=O)NC5=O)CC4)CC3)c3cc(C(N)=O)c(OC)cc23)CC(=O)[C@H]1F. The van der Waals surface area contributed by atoms with E-state index in [0.717, 1.165) is 92.9 Å². The number of nitrogens with two attached hydrogens (primary N) is 1. The number of Topliss-reactive ketones (excluding diaryl/α,β-unsaturated/α-hetero) is 1. The minimum atomic E-state index is -1.47. The molecule has 346 valence electrons. The lowest BCUT2D eigenvalue weighted by Crippen LogP contribution is -2.41. The van der Waals surface area contributed by atoms with Crippen LogP contribution >= 0.6 is 0 Å². The molecule has 2 aliphatic heterocycles. The average molecular weight is 899 g/mol. The molecule has 2 saturated heterocycles. The summed E-state index contributed by atoms with van der Waals surface area (Å²) in [4.78, 5) is 61.3. The number of piperidine rings is 2. The van der Waals surface area contributed by atoms with E-state index in [2.05, 4.69) is 44.2 Å². The summed E-state index contributed by atoms with van der Waals surface area (Å²) >= 11 is 0. The fourth-order valence-electron chi connectivity index (χ4n) is 11.0. The van der Waals surface area contributed by atoms with Crippen LogP contribution in [0, 0.1) is 35.5 Å². The van der Waals surface area contributed by atoms with Crippen molar-refractivity contribution < 1.29 is 37.8 Å². The van der Waals surface area contributed by atoms with Gasteiger partial charge in [0.15, 0.2) is 12.0 Å². The minimum Gasteiger partial charge on any atom is -0.496 e. The van der Waals surface area contributed by atoms with Gasteiger partial charge in [-0.2, -0.15) is 0 Å². The van der Waals surface area contributed by atoms with Crippen LogP contribution in [0.3, 0.4) is 0 Å². The number of alkyl halides is 1. The van der Waals surface area contributed by atoms with Gasteiger partial charge in [0.2, 0.25) is 17.7 Å². The fraction of sp³-hybridized carbons (Fsp3) is 0.500. The maximum Gasteiger partial charge on any atom is 0.252 e. The van der Waals surface area contributed by atoms with Crippen molar-refractivity contribution in [3.8, 4) is 23.5 Å². The lowest BCUT2D eigenvalue weighted by molar-refractivity contribution is -0.135. The number of ether oxygens (including phenoxy) is 3. The second kappa shape index (κ2) is 19.9. The Labute approximate surface area is 384 Å². The molecule has 5 aromatic rings. The Hall–Kier alpha value is -5.91. The van der Waals surface area contributed by atoms with Gasteiger partial charge < -0.3 is 29.4 Å². The third-order valence-electron chi connectivity index (χ3n) is 14.5. The Morgan fingerprint density at radius 1 is 0.985 bits per heavy atom. The number of methoxy groups -OCH3 is 1. The summed E-state index contributed by atoms with van der Waals surface area (Å²) in [5.74, 6) is 6.21. The molecule has 3 N–H and O–H groups in total. The van der Waals surface area contributed by atoms with Crippen molar-refractivity contribution in [2.75, 3.05) is 40.0 Å². The van der Waals surface area contributed by atoms with Crippen LogP contribution in [0.15, 0.2) is 54.9 Å². The van der Waals surface area contributed by atoms with E-state index in [1.54, 1.807) is 24.5 Å². The summed E-state index contributed by atoms with van der Waals surface area (Å²) in [6, 6.07) is 13.1. The number of ketones is 1. The molecule has 2 unspecified atom stereocenters. The number of carbonyl (C=O) groups excluding carboxylic acids is 4. The first kappa shape index (κ1) is 45.3. The van der Waals surface area contributed by atoms with Crippen molar-refractivity contribution >= 4 is 56.2 Å². The van der Waals surface area contributed by atoms with Crippen LogP contribution in [-0.4, -0.2) is 95.2 Å². The predicted molar refractivity (Wildman–Crippen MR) is 249 cm³/mol. The highest BCUT2D eigenvalue weighted by Gasteiger charge is 2.42. The second-order valence-electron chi connectivity index (χ2n) is 18.6. The third kappa shape index (κ3) is 9.38. The molecule has 0 radical (unpaired) electrons. The molecule has 2 saturated carbocycles. The number of rotatable bonds is 14. The van der Waals surface area contributed by atoms with Crippen LogP contribution < -0.4 is 20.5 Å². The lowest BCUT2D eigenvalue weighted by Gasteiger charge is -2.36. The van der Waals surface area contributed by atoms with E-state index in [1.165, 1.54) is 12.7 Å². The third-order valence-corrected chi connectivity index (χ3v) is 14.5. The van der Waals surface area contributed by atoms with Crippen LogP contribution in [0.5, 0.6) is 11.6 Å². The number of hydrogen-bond acceptors (Lipinski definition) is 10. The van der Waals surface area contributed by atoms with Crippen molar-refractivity contribution in [3.63, 3.8) is 0 Å². The second-order valence-corrected chi connectivity index (χ2v) is 18.6. The maximum absolute atomic E-state index is 14.5. The number of imide groups is 1. The number of pyridine rings is 2. The number of fused-ring (bicyclic) bond motifs is 4. The molecule has 14 heteroatoms. The number of hydrogen-bond donors (Lipinski definition) is 2. The highest BCUT2D eigenvalue weighted by Crippen LogP contribution is 2.39. The number of aryl methyl sites for hydroxylation is 1. The van der Waals surface area contributed by atoms with Gasteiger partial charge in [0.1, 0.15) is 17.4 Å². The topological polar surface area (TPSA) is 168 Å². The first-order valence-corrected chi connectivity index (χ1v) is 23.8. The average Bonchev–Trinajstić information content (AvgIpc) is 3.81. The molecular weight excluding hydrogens is 840 g/mol. The van der Waals surface area contributed by atoms with Gasteiger partial charge >= 0.3 is 0 Å². The van der Waals surface area contributed by atoms with Gasteiger partial charge in [-0.1, -0.05) is 30.9 Å². The van der Waals surface area contributed by atoms with Crippen LogP contribution in [0.4, 0.5) is 4.39 Å². The number of aromatic nitrogens is 3. The number of likely N-dealkylation sites (tertiary alicyclic amines) is 1. The van der Waals surface area contributed by atoms with E-state index in [1.807, 2.05) is 29.7 Å². The summed E-state index contributed by atoms with van der Waals surface area (Å²) in [5, 5.41) is 5.93. The lowest BCUT2D eigenvalue weighted by atomic mass is 9.81. The summed E-state index contributed by atoms with van der Waals surface area (Å²) < 4.78 is 34.7. The molecule has 0 bridgehead atoms. The van der Waals surface area contributed by atoms with Gasteiger partial charge in [0.25, 0.3) is 5.91 Å². The number of halogens is 1. The van der Waals surface area contributed by atoms with Crippen molar-refractivity contribution in [2.24, 2.45) is 29.4 Å². The van der Waals surface area contributed by atoms with Gasteiger partial charge in [-0.25, -0.2) is 14.4 Å². The van der Waals surface area contributed by atoms with Gasteiger partial charge in [-0.3, -0.25) is 24.5 Å². The molecule has 9 rings (SSSR count). The van der Waals surface area contributed by atoms with Gasteiger partial charge in [0.05, 0.1) is 36.5 Å². The molecule has 2 aliphatic carbocycles. The first-order valence-electron chi connectivity index (χ1n) is 23.8. The fourth-order valence-corrected chi connectivity index (χ4v) is 11.0. The molecule has 3 amide bonds. The van der Waals surface area contributed by atoms with E-state index < -0.39 is 18.1 Å². The zero-order valence-electron chi connectivity index (χ0n) is 37.9. The van der Waals surface area contributed by atoms with Gasteiger partial charge in [-0.15, -0.1) is 0 Å². The summed E-state index contributed by atoms with van der Waals surface area (Å²) in [6.45, 7) is 5.87. The number of benzene rings is 2. The van der Waals surface area contributed by atoms with E-state index >= 15 is 0 Å². The molecule has 13 nitrogen and oxygen atoms in total. The van der Waals surface area contributed by atoms with E-state index in [0.29, 0.717) is 59.8 Å². The quantitative estimate of drug-likeness (QED) is 0.0650. The van der Waals surface area contributed by atoms with Crippen LogP contribution in [0.25, 0.3) is 32.7 Å². The van der Waals surface area contributed by atoms with Crippen molar-refractivity contribution in [1.29, 1.82) is 0 Å². The first-order chi connectivity index (χ1) is 32.1. The Balaban J connectivity index is 0.757. The highest BCUT2D eigenvalue weighted by molar-refractivity contribution is 6.10. The summed E-state index contributed by atoms with van der Waals surface area (Å²) in [7, 11) is 1.47. The molecule has 5 heterocycles. The number of carbonyl (C=O) groups is 4. The van der Waals surface area contributed by atoms with Gasteiger partial charge in [-0.05, 0) is 106 Å². The molecule has 4 fully saturated rings. The standard InChI is InChI=1S/C52H59FN6O7/c1-3-37-35(25-44(60)48(37)53)30-66-52-40-27-45(64-2)41(49(54)62)26-39(40)34(28-56-52)16-15-31-11-13-32(14-12-31)29-58-22-19-36(20-23-58)65-24-6-8-33-7-4-10-42-47(33)38-9-5-21-55-50(38)59(42)43-17-18-46(61)57-51(43)63/h4-5,7,9-10,21,26-28,31-32,35-37,43,48H,3,6,8,11-14,17-20,22-25,29-30H2,1-2H3,(H2,54,62)(H,57,61,63)/t31?,32?,35?,37-,43?,48-/m0/s1. The van der Waals surface area contributed by atoms with E-state index in [4.69, 9.17) is 19.9 Å². The Bertz CT molecular complexity index is 2710. The molecule has 0 spiro atoms. The smallest absolute Gasteiger partial charge is 0.252 e. The minimum absolute atomic E-state index is 0.138. The largest absolute Gasteiger partial charge is 0.496 e. The predicted octanol–water partition coefficient (Wildman–Crippen LogP) is 7.43. The summed E-state index contributed by atoms with van der Waals surface area (Å²) in [6.07, 6.45) is 11.7. The molecule has 3 aromatic heterocycles. The zero-order valence-corrected chi connectivity index (χ0v) is 37.9. The normalized spacial score (nSPS) is 24.1. The van der Waals surface area contributed by atoms with Crippen molar-refractivity contribution in [3.05, 3.63) is 71.5 Å². The van der Waals surface area contributed by atoms with E-state index in [9.17, 15) is 23.6 Å². The Morgan fingerprint density at radius 3 is 2.56 bits per heavy atom. The summed E-state index contributed by atoms with van der Waals surface area (Å²) in [5.41, 5.74) is 9.57. The molecule has 66 heavy (non-hydrogen) atoms. The monoisotopic (exact) mass is 898 g/mol. The number of amides is 3. The van der Waals surface area contributed by atoms with Crippen LogP contribution in [0.1, 0.15) is 105 Å². The number of nitrogens with one attached hydrogen (secondary N) is 1. The Kier molecular flexibility index (Phi) is 13.6. The van der Waals surface area contributed by atoms with Gasteiger partial charge in [0, 0.05) is 90.8 Å². The molecule has 4 aliphatic rings. The zero-order chi connectivity index (χ0) is 45.9. The van der Waals surface area contributed by atoms with Crippen molar-refractivity contribution in [1.82, 2.24) is 24.8 Å². The molecular formula is C52H59FN6O7. The number of primary amides is 1.